The quantitative estimate of drug-likeness (QED) is 0.600. The summed E-state index contributed by atoms with van der Waals surface area (Å²) in [5.74, 6) is -1.15. The van der Waals surface area contributed by atoms with Crippen molar-refractivity contribution in [2.24, 2.45) is 0 Å². The van der Waals surface area contributed by atoms with Crippen molar-refractivity contribution in [3.05, 3.63) is 35.6 Å². The summed E-state index contributed by atoms with van der Waals surface area (Å²) in [5, 5.41) is 0.755. The summed E-state index contributed by atoms with van der Waals surface area (Å²) in [6, 6.07) is 6.82. The van der Waals surface area contributed by atoms with E-state index in [0.29, 0.717) is 30.7 Å². The van der Waals surface area contributed by atoms with Crippen LogP contribution >= 0.6 is 0 Å². The van der Waals surface area contributed by atoms with Crippen LogP contribution in [0.4, 0.5) is 0 Å². The van der Waals surface area contributed by atoms with Gasteiger partial charge in [0.05, 0.1) is 18.1 Å². The van der Waals surface area contributed by atoms with E-state index < -0.39 is 28.3 Å². The van der Waals surface area contributed by atoms with Gasteiger partial charge in [-0.15, -0.1) is 0 Å². The summed E-state index contributed by atoms with van der Waals surface area (Å²) in [7, 11) is -3.12. The first-order chi connectivity index (χ1) is 13.9. The van der Waals surface area contributed by atoms with E-state index >= 15 is 0 Å². The molecular weight excluding hydrogens is 398 g/mol. The first-order valence-corrected chi connectivity index (χ1v) is 11.4. The summed E-state index contributed by atoms with van der Waals surface area (Å²) >= 11 is 0. The number of amides is 1. The maximum Gasteiger partial charge on any atom is 0.375 e. The molecule has 29 heavy (non-hydrogen) atoms. The molecule has 1 atom stereocenters. The Bertz CT molecular complexity index is 995. The van der Waals surface area contributed by atoms with E-state index in [0.717, 1.165) is 5.39 Å². The fourth-order valence-corrected chi connectivity index (χ4v) is 5.28. The van der Waals surface area contributed by atoms with Crippen molar-refractivity contribution in [2.75, 3.05) is 31.3 Å². The second kappa shape index (κ2) is 8.96. The third-order valence-electron chi connectivity index (χ3n) is 4.97. The molecule has 2 heterocycles. The van der Waals surface area contributed by atoms with E-state index in [-0.39, 0.29) is 29.9 Å². The molecule has 1 saturated heterocycles. The molecule has 1 fully saturated rings. The lowest BCUT2D eigenvalue weighted by atomic mass is 10.1. The number of ether oxygens (including phenoxy) is 2. The Balaban J connectivity index is 1.71. The third kappa shape index (κ3) is 4.79. The van der Waals surface area contributed by atoms with Crippen LogP contribution in [0.15, 0.2) is 28.7 Å². The van der Waals surface area contributed by atoms with E-state index in [1.165, 1.54) is 4.90 Å². The minimum Gasteiger partial charge on any atom is -0.450 e. The summed E-state index contributed by atoms with van der Waals surface area (Å²) in [6.45, 7) is 4.14. The molecule has 158 valence electrons. The van der Waals surface area contributed by atoms with Crippen LogP contribution in [0.2, 0.25) is 0 Å². The van der Waals surface area contributed by atoms with Crippen molar-refractivity contribution >= 4 is 32.7 Å². The normalized spacial score (nSPS) is 18.1. The van der Waals surface area contributed by atoms with Crippen molar-refractivity contribution in [1.82, 2.24) is 4.90 Å². The molecule has 2 aromatic rings. The van der Waals surface area contributed by atoms with Gasteiger partial charge in [0.25, 0.3) is 5.91 Å². The van der Waals surface area contributed by atoms with Gasteiger partial charge in [-0.3, -0.25) is 4.79 Å². The number of sulfone groups is 1. The number of benzene rings is 1. The van der Waals surface area contributed by atoms with Gasteiger partial charge in [-0.2, -0.15) is 0 Å². The van der Waals surface area contributed by atoms with Gasteiger partial charge in [0.2, 0.25) is 5.76 Å². The Morgan fingerprint density at radius 1 is 1.24 bits per heavy atom. The van der Waals surface area contributed by atoms with Gasteiger partial charge < -0.3 is 18.8 Å². The molecule has 1 unspecified atom stereocenters. The van der Waals surface area contributed by atoms with Gasteiger partial charge >= 0.3 is 5.97 Å². The maximum atomic E-state index is 12.6. The van der Waals surface area contributed by atoms with Gasteiger partial charge in [-0.1, -0.05) is 18.2 Å². The maximum absolute atomic E-state index is 12.6. The number of para-hydroxylation sites is 1. The number of esters is 1. The minimum atomic E-state index is -3.12. The monoisotopic (exact) mass is 423 g/mol. The van der Waals surface area contributed by atoms with Crippen molar-refractivity contribution < 1.29 is 31.9 Å². The molecule has 1 aromatic heterocycles. The average Bonchev–Trinajstić information content (AvgIpc) is 3.25. The molecule has 1 aliphatic rings. The fraction of sp³-hybridized carbons (Fsp3) is 0.500. The van der Waals surface area contributed by atoms with Crippen LogP contribution in [0.1, 0.15) is 36.4 Å². The SMILES string of the molecule is CCOCc1c(C(=O)OCC(=O)N(CC)C2CCS(=O)(=O)C2)oc2ccccc12. The van der Waals surface area contributed by atoms with Crippen LogP contribution in [-0.4, -0.2) is 62.5 Å². The Morgan fingerprint density at radius 3 is 2.66 bits per heavy atom. The van der Waals surface area contributed by atoms with E-state index in [1.807, 2.05) is 19.1 Å². The largest absolute Gasteiger partial charge is 0.450 e. The molecule has 0 saturated carbocycles. The molecule has 8 nitrogen and oxygen atoms in total. The highest BCUT2D eigenvalue weighted by Gasteiger charge is 2.34. The van der Waals surface area contributed by atoms with E-state index in [4.69, 9.17) is 13.9 Å². The lowest BCUT2D eigenvalue weighted by Crippen LogP contribution is -2.43. The number of hydrogen-bond acceptors (Lipinski definition) is 7. The molecule has 3 rings (SSSR count). The molecule has 0 aliphatic carbocycles. The number of nitrogens with zero attached hydrogens (tertiary/aromatic N) is 1. The Morgan fingerprint density at radius 2 is 2.00 bits per heavy atom. The minimum absolute atomic E-state index is 0.0129. The summed E-state index contributed by atoms with van der Waals surface area (Å²) in [5.41, 5.74) is 1.11. The van der Waals surface area contributed by atoms with E-state index in [2.05, 4.69) is 0 Å². The van der Waals surface area contributed by atoms with Crippen LogP contribution in [0, 0.1) is 0 Å². The van der Waals surface area contributed by atoms with Gasteiger partial charge in [-0.05, 0) is 26.3 Å². The predicted octanol–water partition coefficient (Wildman–Crippen LogP) is 2.16. The Labute approximate surface area is 169 Å². The molecule has 0 radical (unpaired) electrons. The fourth-order valence-electron chi connectivity index (χ4n) is 3.55. The highest BCUT2D eigenvalue weighted by molar-refractivity contribution is 7.91. The molecule has 1 aliphatic heterocycles. The van der Waals surface area contributed by atoms with E-state index in [1.54, 1.807) is 19.1 Å². The summed E-state index contributed by atoms with van der Waals surface area (Å²) in [6.07, 6.45) is 0.401. The summed E-state index contributed by atoms with van der Waals surface area (Å²) in [4.78, 5) is 26.6. The van der Waals surface area contributed by atoms with Gasteiger partial charge in [0.1, 0.15) is 5.58 Å². The topological polar surface area (TPSA) is 103 Å². The third-order valence-corrected chi connectivity index (χ3v) is 6.72. The molecule has 1 amide bonds. The average molecular weight is 423 g/mol. The number of likely N-dealkylation sites (N-methyl/N-ethyl adjacent to an activating group) is 1. The summed E-state index contributed by atoms with van der Waals surface area (Å²) < 4.78 is 39.7. The van der Waals surface area contributed by atoms with Crippen molar-refractivity contribution in [1.29, 1.82) is 0 Å². The lowest BCUT2D eigenvalue weighted by molar-refractivity contribution is -0.136. The van der Waals surface area contributed by atoms with Crippen LogP contribution in [0.25, 0.3) is 11.0 Å². The molecule has 0 spiro atoms. The molecule has 0 N–H and O–H groups in total. The highest BCUT2D eigenvalue weighted by atomic mass is 32.2. The lowest BCUT2D eigenvalue weighted by Gasteiger charge is -2.26. The first-order valence-electron chi connectivity index (χ1n) is 9.61. The van der Waals surface area contributed by atoms with Crippen LogP contribution in [0.3, 0.4) is 0 Å². The second-order valence-corrected chi connectivity index (χ2v) is 9.08. The number of furan rings is 1. The zero-order valence-corrected chi connectivity index (χ0v) is 17.4. The van der Waals surface area contributed by atoms with Gasteiger partial charge in [0, 0.05) is 30.1 Å². The molecule has 1 aromatic carbocycles. The zero-order valence-electron chi connectivity index (χ0n) is 16.5. The Hall–Kier alpha value is -2.39. The standard InChI is InChI=1S/C20H25NO7S/c1-3-21(14-9-10-29(24,25)13-14)18(22)12-27-20(23)19-16(11-26-4-2)15-7-5-6-8-17(15)28-19/h5-8,14H,3-4,9-13H2,1-2H3. The molecule has 0 bridgehead atoms. The van der Waals surface area contributed by atoms with Gasteiger partial charge in [0.15, 0.2) is 16.4 Å². The van der Waals surface area contributed by atoms with Crippen LogP contribution in [-0.2, 0) is 30.7 Å². The van der Waals surface area contributed by atoms with Crippen LogP contribution in [0.5, 0.6) is 0 Å². The van der Waals surface area contributed by atoms with Crippen molar-refractivity contribution in [2.45, 2.75) is 32.9 Å². The predicted molar refractivity (Wildman–Crippen MR) is 106 cm³/mol. The highest BCUT2D eigenvalue weighted by Crippen LogP contribution is 2.27. The van der Waals surface area contributed by atoms with Crippen LogP contribution < -0.4 is 0 Å². The Kier molecular flexibility index (Phi) is 6.59. The second-order valence-electron chi connectivity index (χ2n) is 6.86. The molecule has 9 heteroatoms. The number of rotatable bonds is 8. The first kappa shape index (κ1) is 21.3. The zero-order chi connectivity index (χ0) is 21.0. The number of fused-ring (bicyclic) bond motifs is 1. The van der Waals surface area contributed by atoms with E-state index in [9.17, 15) is 18.0 Å². The number of hydrogen-bond donors (Lipinski definition) is 0. The van der Waals surface area contributed by atoms with Crippen molar-refractivity contribution in [3.63, 3.8) is 0 Å². The number of carbonyl (C=O) groups is 2. The van der Waals surface area contributed by atoms with Gasteiger partial charge in [-0.25, -0.2) is 13.2 Å². The van der Waals surface area contributed by atoms with Crippen molar-refractivity contribution in [3.8, 4) is 0 Å². The smallest absolute Gasteiger partial charge is 0.375 e. The number of carbonyl (C=O) groups excluding carboxylic acids is 2. The molecular formula is C20H25NO7S.